The Labute approximate surface area is 158 Å². The average Bonchev–Trinajstić information content (AvgIpc) is 3.15. The Balaban J connectivity index is 1.90. The quantitative estimate of drug-likeness (QED) is 0.841. The maximum atomic E-state index is 13.4. The Bertz CT molecular complexity index is 676. The lowest BCUT2D eigenvalue weighted by molar-refractivity contribution is -0.137. The van der Waals surface area contributed by atoms with Gasteiger partial charge in [-0.2, -0.15) is 13.2 Å². The van der Waals surface area contributed by atoms with Crippen LogP contribution in [0.25, 0.3) is 0 Å². The third-order valence-electron chi connectivity index (χ3n) is 5.78. The zero-order valence-electron chi connectivity index (χ0n) is 15.8. The number of nitrogens with zero attached hydrogens (tertiary/aromatic N) is 2. The molecule has 2 aliphatic heterocycles. The van der Waals surface area contributed by atoms with Gasteiger partial charge in [-0.15, -0.1) is 0 Å². The van der Waals surface area contributed by atoms with Gasteiger partial charge in [-0.05, 0) is 62.9 Å². The summed E-state index contributed by atoms with van der Waals surface area (Å²) in [5.41, 5.74) is 5.81. The van der Waals surface area contributed by atoms with Crippen molar-refractivity contribution < 1.29 is 18.0 Å². The lowest BCUT2D eigenvalue weighted by Crippen LogP contribution is -2.44. The van der Waals surface area contributed by atoms with Gasteiger partial charge in [0.2, 0.25) is 5.91 Å². The van der Waals surface area contributed by atoms with Crippen LogP contribution in [0.5, 0.6) is 0 Å². The predicted molar refractivity (Wildman–Crippen MR) is 100.0 cm³/mol. The first-order chi connectivity index (χ1) is 12.8. The molecule has 0 bridgehead atoms. The molecule has 2 N–H and O–H groups in total. The Hall–Kier alpha value is -1.76. The van der Waals surface area contributed by atoms with E-state index in [1.807, 2.05) is 11.8 Å². The SMILES string of the molecule is CCCc1c(C(N)=O)cc(C(F)(F)F)cc1N1CCC(N2CCCC2)CC1. The maximum Gasteiger partial charge on any atom is 0.416 e. The second kappa shape index (κ2) is 8.09. The molecule has 2 saturated heterocycles. The highest BCUT2D eigenvalue weighted by atomic mass is 19.4. The van der Waals surface area contributed by atoms with Crippen molar-refractivity contribution in [3.05, 3.63) is 28.8 Å². The van der Waals surface area contributed by atoms with Crippen LogP contribution in [0.15, 0.2) is 12.1 Å². The van der Waals surface area contributed by atoms with Crippen LogP contribution in [0.4, 0.5) is 18.9 Å². The number of alkyl halides is 3. The van der Waals surface area contributed by atoms with Gasteiger partial charge in [0, 0.05) is 30.4 Å². The van der Waals surface area contributed by atoms with E-state index in [1.165, 1.54) is 18.9 Å². The van der Waals surface area contributed by atoms with Crippen molar-refractivity contribution in [2.24, 2.45) is 5.73 Å². The largest absolute Gasteiger partial charge is 0.416 e. The third kappa shape index (κ3) is 4.39. The van der Waals surface area contributed by atoms with Crippen molar-refractivity contribution in [3.63, 3.8) is 0 Å². The van der Waals surface area contributed by atoms with Crippen LogP contribution in [0.1, 0.15) is 60.5 Å². The van der Waals surface area contributed by atoms with E-state index in [4.69, 9.17) is 5.73 Å². The molecule has 0 saturated carbocycles. The number of hydrogen-bond acceptors (Lipinski definition) is 3. The predicted octanol–water partition coefficient (Wildman–Crippen LogP) is 3.82. The van der Waals surface area contributed by atoms with Crippen molar-refractivity contribution >= 4 is 11.6 Å². The molecule has 0 unspecified atom stereocenters. The van der Waals surface area contributed by atoms with E-state index in [1.54, 1.807) is 0 Å². The van der Waals surface area contributed by atoms with Gasteiger partial charge in [0.15, 0.2) is 0 Å². The van der Waals surface area contributed by atoms with Crippen LogP contribution in [0.3, 0.4) is 0 Å². The molecule has 7 heteroatoms. The lowest BCUT2D eigenvalue weighted by Gasteiger charge is -2.39. The molecule has 150 valence electrons. The van der Waals surface area contributed by atoms with Crippen LogP contribution in [0, 0.1) is 0 Å². The Morgan fingerprint density at radius 1 is 1.15 bits per heavy atom. The second-order valence-corrected chi connectivity index (χ2v) is 7.59. The zero-order chi connectivity index (χ0) is 19.6. The molecule has 0 aliphatic carbocycles. The van der Waals surface area contributed by atoms with E-state index in [9.17, 15) is 18.0 Å². The molecular weight excluding hydrogens is 355 g/mol. The minimum Gasteiger partial charge on any atom is -0.371 e. The van der Waals surface area contributed by atoms with Crippen molar-refractivity contribution in [2.45, 2.75) is 57.7 Å². The normalized spacial score (nSPS) is 19.6. The Kier molecular flexibility index (Phi) is 5.99. The molecule has 1 aromatic rings. The van der Waals surface area contributed by atoms with E-state index in [0.717, 1.165) is 38.4 Å². The fourth-order valence-electron chi connectivity index (χ4n) is 4.41. The molecule has 0 aromatic heterocycles. The molecule has 0 spiro atoms. The summed E-state index contributed by atoms with van der Waals surface area (Å²) in [6.07, 6.45) is 1.12. The molecular formula is C20H28F3N3O. The fourth-order valence-corrected chi connectivity index (χ4v) is 4.41. The number of piperidine rings is 1. The highest BCUT2D eigenvalue weighted by molar-refractivity contribution is 5.96. The lowest BCUT2D eigenvalue weighted by atomic mass is 9.94. The van der Waals surface area contributed by atoms with Crippen LogP contribution in [0.2, 0.25) is 0 Å². The summed E-state index contributed by atoms with van der Waals surface area (Å²) in [5.74, 6) is -0.794. The highest BCUT2D eigenvalue weighted by Gasteiger charge is 2.34. The Morgan fingerprint density at radius 2 is 1.78 bits per heavy atom. The standard InChI is InChI=1S/C20H28F3N3O/c1-2-5-16-17(19(24)27)12-14(20(21,22)23)13-18(16)26-10-6-15(7-11-26)25-8-3-4-9-25/h12-13,15H,2-11H2,1H3,(H2,24,27). The smallest absolute Gasteiger partial charge is 0.371 e. The van der Waals surface area contributed by atoms with Crippen LogP contribution >= 0.6 is 0 Å². The number of primary amides is 1. The minimum atomic E-state index is -4.50. The van der Waals surface area contributed by atoms with E-state index < -0.39 is 17.6 Å². The van der Waals surface area contributed by atoms with Crippen molar-refractivity contribution in [2.75, 3.05) is 31.1 Å². The van der Waals surface area contributed by atoms with Crippen LogP contribution in [-0.2, 0) is 12.6 Å². The van der Waals surface area contributed by atoms with Crippen molar-refractivity contribution in [1.82, 2.24) is 4.90 Å². The number of nitrogens with two attached hydrogens (primary N) is 1. The number of carbonyl (C=O) groups excluding carboxylic acids is 1. The first-order valence-corrected chi connectivity index (χ1v) is 9.84. The molecule has 1 aromatic carbocycles. The molecule has 2 fully saturated rings. The number of hydrogen-bond donors (Lipinski definition) is 1. The molecule has 2 heterocycles. The molecule has 0 radical (unpaired) electrons. The van der Waals surface area contributed by atoms with Crippen molar-refractivity contribution in [3.8, 4) is 0 Å². The first-order valence-electron chi connectivity index (χ1n) is 9.84. The van der Waals surface area contributed by atoms with Crippen LogP contribution in [-0.4, -0.2) is 43.0 Å². The molecule has 4 nitrogen and oxygen atoms in total. The zero-order valence-corrected chi connectivity index (χ0v) is 15.8. The monoisotopic (exact) mass is 383 g/mol. The first kappa shape index (κ1) is 20.0. The van der Waals surface area contributed by atoms with Crippen LogP contribution < -0.4 is 10.6 Å². The molecule has 2 aliphatic rings. The van der Waals surface area contributed by atoms with Gasteiger partial charge < -0.3 is 15.5 Å². The summed E-state index contributed by atoms with van der Waals surface area (Å²) in [6, 6.07) is 2.63. The number of anilines is 1. The number of rotatable bonds is 5. The second-order valence-electron chi connectivity index (χ2n) is 7.59. The average molecular weight is 383 g/mol. The number of amides is 1. The molecule has 0 atom stereocenters. The minimum absolute atomic E-state index is 0.00309. The van der Waals surface area contributed by atoms with E-state index in [0.29, 0.717) is 36.8 Å². The van der Waals surface area contributed by atoms with Gasteiger partial charge in [0.25, 0.3) is 0 Å². The maximum absolute atomic E-state index is 13.4. The molecule has 3 rings (SSSR count). The summed E-state index contributed by atoms with van der Waals surface area (Å²) in [6.45, 7) is 5.61. The van der Waals surface area contributed by atoms with Gasteiger partial charge in [0.05, 0.1) is 5.56 Å². The third-order valence-corrected chi connectivity index (χ3v) is 5.78. The van der Waals surface area contributed by atoms with Gasteiger partial charge in [0.1, 0.15) is 0 Å². The van der Waals surface area contributed by atoms with E-state index in [2.05, 4.69) is 4.90 Å². The van der Waals surface area contributed by atoms with Gasteiger partial charge in [-0.3, -0.25) is 4.79 Å². The highest BCUT2D eigenvalue weighted by Crippen LogP contribution is 2.37. The molecule has 27 heavy (non-hydrogen) atoms. The van der Waals surface area contributed by atoms with E-state index >= 15 is 0 Å². The fraction of sp³-hybridized carbons (Fsp3) is 0.650. The number of halogens is 3. The topological polar surface area (TPSA) is 49.6 Å². The number of likely N-dealkylation sites (tertiary alicyclic amines) is 1. The molecule has 1 amide bonds. The summed E-state index contributed by atoms with van der Waals surface area (Å²) in [5, 5.41) is 0. The van der Waals surface area contributed by atoms with E-state index in [-0.39, 0.29) is 5.56 Å². The summed E-state index contributed by atoms with van der Waals surface area (Å²) in [7, 11) is 0. The van der Waals surface area contributed by atoms with Crippen molar-refractivity contribution in [1.29, 1.82) is 0 Å². The summed E-state index contributed by atoms with van der Waals surface area (Å²) >= 11 is 0. The van der Waals surface area contributed by atoms with Gasteiger partial charge >= 0.3 is 6.18 Å². The Morgan fingerprint density at radius 3 is 2.30 bits per heavy atom. The van der Waals surface area contributed by atoms with Gasteiger partial charge in [-0.1, -0.05) is 13.3 Å². The van der Waals surface area contributed by atoms with Gasteiger partial charge in [-0.25, -0.2) is 0 Å². The number of benzene rings is 1. The number of carbonyl (C=O) groups is 1. The summed E-state index contributed by atoms with van der Waals surface area (Å²) in [4.78, 5) is 16.4. The summed E-state index contributed by atoms with van der Waals surface area (Å²) < 4.78 is 40.2.